The second kappa shape index (κ2) is 2.94. The van der Waals surface area contributed by atoms with Gasteiger partial charge in [0.15, 0.2) is 0 Å². The van der Waals surface area contributed by atoms with Gasteiger partial charge in [-0.1, -0.05) is 0 Å². The van der Waals surface area contributed by atoms with Crippen LogP contribution in [-0.4, -0.2) is 11.1 Å². The molecule has 1 unspecified atom stereocenters. The average Bonchev–Trinajstić information content (AvgIpc) is 2.78. The van der Waals surface area contributed by atoms with E-state index in [1.165, 1.54) is 18.4 Å². The van der Waals surface area contributed by atoms with Crippen LogP contribution < -0.4 is 5.73 Å². The van der Waals surface area contributed by atoms with Gasteiger partial charge in [-0.15, -0.1) is 0 Å². The van der Waals surface area contributed by atoms with Crippen LogP contribution in [0, 0.1) is 5.92 Å². The zero-order valence-electron chi connectivity index (χ0n) is 7.53. The number of rotatable bonds is 3. The molecule has 1 saturated carbocycles. The highest BCUT2D eigenvalue weighted by atomic mass is 14.9. The molecule has 2 nitrogen and oxygen atoms in total. The molecule has 0 saturated heterocycles. The second-order valence-corrected chi connectivity index (χ2v) is 3.79. The fourth-order valence-corrected chi connectivity index (χ4v) is 1.84. The Morgan fingerprint density at radius 1 is 1.67 bits per heavy atom. The molecule has 1 atom stereocenters. The minimum absolute atomic E-state index is 0.617. The maximum Gasteiger partial charge on any atom is 0.0106 e. The van der Waals surface area contributed by atoms with Crippen LogP contribution in [-0.2, 0) is 7.05 Å². The molecule has 1 aromatic rings. The van der Waals surface area contributed by atoms with Crippen molar-refractivity contribution >= 4 is 0 Å². The first kappa shape index (κ1) is 7.87. The first-order valence-electron chi connectivity index (χ1n) is 4.63. The summed E-state index contributed by atoms with van der Waals surface area (Å²) in [7, 11) is 2.06. The van der Waals surface area contributed by atoms with E-state index >= 15 is 0 Å². The number of hydrogen-bond acceptors (Lipinski definition) is 1. The van der Waals surface area contributed by atoms with Crippen molar-refractivity contribution in [2.24, 2.45) is 18.7 Å². The van der Waals surface area contributed by atoms with Crippen LogP contribution in [0.15, 0.2) is 18.5 Å². The van der Waals surface area contributed by atoms with Gasteiger partial charge >= 0.3 is 0 Å². The molecule has 0 amide bonds. The molecule has 2 N–H and O–H groups in total. The van der Waals surface area contributed by atoms with E-state index < -0.39 is 0 Å². The molecule has 66 valence electrons. The molecule has 1 aliphatic rings. The van der Waals surface area contributed by atoms with E-state index in [0.717, 1.165) is 12.5 Å². The van der Waals surface area contributed by atoms with Gasteiger partial charge in [0, 0.05) is 25.4 Å². The molecule has 1 heterocycles. The lowest BCUT2D eigenvalue weighted by atomic mass is 9.97. The molecule has 0 radical (unpaired) electrons. The van der Waals surface area contributed by atoms with Crippen molar-refractivity contribution in [2.75, 3.05) is 6.54 Å². The highest BCUT2D eigenvalue weighted by Gasteiger charge is 2.31. The second-order valence-electron chi connectivity index (χ2n) is 3.79. The Bertz CT molecular complexity index is 261. The summed E-state index contributed by atoms with van der Waals surface area (Å²) in [4.78, 5) is 0. The largest absolute Gasteiger partial charge is 0.357 e. The van der Waals surface area contributed by atoms with Crippen LogP contribution in [0.5, 0.6) is 0 Å². The van der Waals surface area contributed by atoms with Gasteiger partial charge in [0.2, 0.25) is 0 Å². The zero-order chi connectivity index (χ0) is 8.55. The normalized spacial score (nSPS) is 19.5. The minimum atomic E-state index is 0.617. The summed E-state index contributed by atoms with van der Waals surface area (Å²) >= 11 is 0. The quantitative estimate of drug-likeness (QED) is 0.720. The molecule has 0 aliphatic heterocycles. The Morgan fingerprint density at radius 3 is 2.83 bits per heavy atom. The molecule has 2 heteroatoms. The van der Waals surface area contributed by atoms with Gasteiger partial charge in [-0.2, -0.15) is 0 Å². The number of nitrogens with zero attached hydrogens (tertiary/aromatic N) is 1. The van der Waals surface area contributed by atoms with Crippen LogP contribution in [0.25, 0.3) is 0 Å². The van der Waals surface area contributed by atoms with Crippen molar-refractivity contribution in [2.45, 2.75) is 18.8 Å². The summed E-state index contributed by atoms with van der Waals surface area (Å²) in [5, 5.41) is 0. The van der Waals surface area contributed by atoms with E-state index in [1.54, 1.807) is 0 Å². The smallest absolute Gasteiger partial charge is 0.0106 e. The summed E-state index contributed by atoms with van der Waals surface area (Å²) in [6.45, 7) is 0.800. The number of hydrogen-bond donors (Lipinski definition) is 1. The van der Waals surface area contributed by atoms with Gasteiger partial charge in [0.1, 0.15) is 0 Å². The van der Waals surface area contributed by atoms with Crippen molar-refractivity contribution in [3.63, 3.8) is 0 Å². The monoisotopic (exact) mass is 164 g/mol. The number of nitrogens with two attached hydrogens (primary N) is 1. The molecule has 2 rings (SSSR count). The Morgan fingerprint density at radius 2 is 2.42 bits per heavy atom. The van der Waals surface area contributed by atoms with E-state index in [1.807, 2.05) is 0 Å². The molecule has 1 fully saturated rings. The fraction of sp³-hybridized carbons (Fsp3) is 0.600. The highest BCUT2D eigenvalue weighted by molar-refractivity contribution is 5.19. The maximum atomic E-state index is 5.75. The Labute approximate surface area is 73.4 Å². The maximum absolute atomic E-state index is 5.75. The van der Waals surface area contributed by atoms with Crippen LogP contribution >= 0.6 is 0 Å². The van der Waals surface area contributed by atoms with Crippen molar-refractivity contribution in [1.82, 2.24) is 4.57 Å². The predicted octanol–water partition coefficient (Wildman–Crippen LogP) is 1.48. The first-order chi connectivity index (χ1) is 5.81. The Kier molecular flexibility index (Phi) is 1.93. The van der Waals surface area contributed by atoms with Crippen molar-refractivity contribution in [3.8, 4) is 0 Å². The van der Waals surface area contributed by atoms with E-state index in [2.05, 4.69) is 30.1 Å². The first-order valence-corrected chi connectivity index (χ1v) is 4.63. The predicted molar refractivity (Wildman–Crippen MR) is 49.9 cm³/mol. The van der Waals surface area contributed by atoms with Crippen molar-refractivity contribution in [3.05, 3.63) is 24.0 Å². The van der Waals surface area contributed by atoms with Gasteiger partial charge in [-0.05, 0) is 36.9 Å². The number of aryl methyl sites for hydroxylation is 1. The van der Waals surface area contributed by atoms with Gasteiger partial charge in [0.25, 0.3) is 0 Å². The summed E-state index contributed by atoms with van der Waals surface area (Å²) in [6, 6.07) is 2.19. The third-order valence-corrected chi connectivity index (χ3v) is 2.73. The molecular weight excluding hydrogens is 148 g/mol. The lowest BCUT2D eigenvalue weighted by Crippen LogP contribution is -2.13. The minimum Gasteiger partial charge on any atom is -0.357 e. The van der Waals surface area contributed by atoms with E-state index in [-0.39, 0.29) is 0 Å². The van der Waals surface area contributed by atoms with E-state index in [9.17, 15) is 0 Å². The zero-order valence-corrected chi connectivity index (χ0v) is 7.53. The third kappa shape index (κ3) is 1.39. The summed E-state index contributed by atoms with van der Waals surface area (Å²) in [5.74, 6) is 1.49. The third-order valence-electron chi connectivity index (χ3n) is 2.73. The van der Waals surface area contributed by atoms with Gasteiger partial charge in [-0.3, -0.25) is 0 Å². The summed E-state index contributed by atoms with van der Waals surface area (Å²) < 4.78 is 2.10. The van der Waals surface area contributed by atoms with E-state index in [4.69, 9.17) is 5.73 Å². The fourth-order valence-electron chi connectivity index (χ4n) is 1.84. The summed E-state index contributed by atoms with van der Waals surface area (Å²) in [5.41, 5.74) is 7.16. The van der Waals surface area contributed by atoms with Gasteiger partial charge in [0.05, 0.1) is 0 Å². The Hall–Kier alpha value is -0.760. The molecule has 0 bridgehead atoms. The Balaban J connectivity index is 2.15. The molecule has 0 spiro atoms. The topological polar surface area (TPSA) is 30.9 Å². The standard InChI is InChI=1S/C10H16N2/c1-12-5-4-9(7-12)10(6-11)8-2-3-8/h4-5,7-8,10H,2-3,6,11H2,1H3. The van der Waals surface area contributed by atoms with Crippen molar-refractivity contribution < 1.29 is 0 Å². The van der Waals surface area contributed by atoms with Crippen LogP contribution in [0.4, 0.5) is 0 Å². The molecule has 1 aliphatic carbocycles. The number of aromatic nitrogens is 1. The van der Waals surface area contributed by atoms with Gasteiger partial charge in [-0.25, -0.2) is 0 Å². The summed E-state index contributed by atoms with van der Waals surface area (Å²) in [6.07, 6.45) is 7.03. The van der Waals surface area contributed by atoms with Gasteiger partial charge < -0.3 is 10.3 Å². The molecular formula is C10H16N2. The lowest BCUT2D eigenvalue weighted by molar-refractivity contribution is 0.615. The molecule has 1 aromatic heterocycles. The van der Waals surface area contributed by atoms with Crippen LogP contribution in [0.2, 0.25) is 0 Å². The molecule has 12 heavy (non-hydrogen) atoms. The SMILES string of the molecule is Cn1ccc(C(CN)C2CC2)c1. The van der Waals surface area contributed by atoms with Crippen LogP contribution in [0.3, 0.4) is 0 Å². The van der Waals surface area contributed by atoms with E-state index in [0.29, 0.717) is 5.92 Å². The van der Waals surface area contributed by atoms with Crippen molar-refractivity contribution in [1.29, 1.82) is 0 Å². The highest BCUT2D eigenvalue weighted by Crippen LogP contribution is 2.41. The lowest BCUT2D eigenvalue weighted by Gasteiger charge is -2.10. The molecule has 0 aromatic carbocycles. The van der Waals surface area contributed by atoms with Crippen LogP contribution in [0.1, 0.15) is 24.3 Å². The average molecular weight is 164 g/mol.